The van der Waals surface area contributed by atoms with Gasteiger partial charge in [-0.15, -0.1) is 0 Å². The molecule has 2 aromatic rings. The smallest absolute Gasteiger partial charge is 0.387 e. The summed E-state index contributed by atoms with van der Waals surface area (Å²) in [6.45, 7) is 0.0361. The summed E-state index contributed by atoms with van der Waals surface area (Å²) < 4.78 is 38.8. The van der Waals surface area contributed by atoms with Crippen molar-refractivity contribution in [1.29, 1.82) is 0 Å². The first-order chi connectivity index (χ1) is 11.8. The molecule has 1 atom stereocenters. The highest BCUT2D eigenvalue weighted by atomic mass is 19.4. The zero-order valence-corrected chi connectivity index (χ0v) is 13.6. The van der Waals surface area contributed by atoms with E-state index in [0.29, 0.717) is 5.56 Å². The van der Waals surface area contributed by atoms with Gasteiger partial charge in [-0.3, -0.25) is 9.69 Å². The number of nitrogens with zero attached hydrogens (tertiary/aromatic N) is 1. The number of anilines is 1. The van der Waals surface area contributed by atoms with Crippen molar-refractivity contribution in [3.63, 3.8) is 0 Å². The summed E-state index contributed by atoms with van der Waals surface area (Å²) in [4.78, 5) is 13.6. The van der Waals surface area contributed by atoms with Gasteiger partial charge in [0.25, 0.3) is 0 Å². The molecule has 0 aromatic heterocycles. The van der Waals surface area contributed by atoms with E-state index in [-0.39, 0.29) is 18.8 Å². The molecule has 0 unspecified atom stereocenters. The van der Waals surface area contributed by atoms with E-state index in [2.05, 4.69) is 5.32 Å². The van der Waals surface area contributed by atoms with Crippen LogP contribution < -0.4 is 5.32 Å². The molecule has 0 saturated heterocycles. The Labute approximate surface area is 143 Å². The first-order valence-electron chi connectivity index (χ1n) is 7.65. The number of aliphatic hydroxyl groups is 1. The zero-order chi connectivity index (χ0) is 18.4. The molecule has 0 bridgehead atoms. The molecular formula is C18H19F3N2O2. The summed E-state index contributed by atoms with van der Waals surface area (Å²) >= 11 is 0. The van der Waals surface area contributed by atoms with Gasteiger partial charge < -0.3 is 10.4 Å². The molecule has 134 valence electrons. The molecular weight excluding hydrogens is 333 g/mol. The first-order valence-corrected chi connectivity index (χ1v) is 7.65. The molecule has 1 amide bonds. The van der Waals surface area contributed by atoms with Gasteiger partial charge in [-0.25, -0.2) is 0 Å². The Morgan fingerprint density at radius 2 is 1.72 bits per heavy atom. The number of alkyl halides is 3. The number of carbonyl (C=O) groups excluding carboxylic acids is 1. The Morgan fingerprint density at radius 1 is 1.12 bits per heavy atom. The summed E-state index contributed by atoms with van der Waals surface area (Å²) in [7, 11) is 1.61. The summed E-state index contributed by atoms with van der Waals surface area (Å²) in [5, 5.41) is 12.4. The fourth-order valence-electron chi connectivity index (χ4n) is 2.41. The van der Waals surface area contributed by atoms with Crippen molar-refractivity contribution in [2.45, 2.75) is 12.3 Å². The molecule has 2 N–H and O–H groups in total. The Kier molecular flexibility index (Phi) is 6.17. The minimum Gasteiger partial charge on any atom is -0.387 e. The number of halogens is 3. The second kappa shape index (κ2) is 8.13. The Morgan fingerprint density at radius 3 is 2.36 bits per heavy atom. The van der Waals surface area contributed by atoms with E-state index in [9.17, 15) is 23.1 Å². The van der Waals surface area contributed by atoms with E-state index < -0.39 is 23.8 Å². The minimum atomic E-state index is -4.54. The zero-order valence-electron chi connectivity index (χ0n) is 13.6. The van der Waals surface area contributed by atoms with E-state index in [1.807, 2.05) is 6.07 Å². The van der Waals surface area contributed by atoms with Crippen molar-refractivity contribution in [2.75, 3.05) is 25.5 Å². The molecule has 0 heterocycles. The lowest BCUT2D eigenvalue weighted by Gasteiger charge is -2.21. The van der Waals surface area contributed by atoms with Crippen LogP contribution in [0.25, 0.3) is 0 Å². The summed E-state index contributed by atoms with van der Waals surface area (Å²) in [5.41, 5.74) is -0.468. The van der Waals surface area contributed by atoms with Crippen LogP contribution in [0.4, 0.5) is 18.9 Å². The molecule has 0 aliphatic heterocycles. The highest BCUT2D eigenvalue weighted by molar-refractivity contribution is 5.93. The summed E-state index contributed by atoms with van der Waals surface area (Å²) in [6, 6.07) is 13.7. The number of hydrogen-bond donors (Lipinski definition) is 2. The van der Waals surface area contributed by atoms with E-state index in [1.54, 1.807) is 36.2 Å². The van der Waals surface area contributed by atoms with Crippen LogP contribution in [0.1, 0.15) is 17.2 Å². The Bertz CT molecular complexity index is 705. The molecule has 2 aromatic carbocycles. The average Bonchev–Trinajstić information content (AvgIpc) is 2.54. The quantitative estimate of drug-likeness (QED) is 0.839. The molecule has 4 nitrogen and oxygen atoms in total. The van der Waals surface area contributed by atoms with Crippen molar-refractivity contribution in [3.05, 3.63) is 65.7 Å². The largest absolute Gasteiger partial charge is 0.418 e. The Balaban J connectivity index is 1.94. The molecule has 0 fully saturated rings. The third-order valence-electron chi connectivity index (χ3n) is 3.59. The number of benzene rings is 2. The minimum absolute atomic E-state index is 0.143. The number of aliphatic hydroxyl groups excluding tert-OH is 1. The maximum Gasteiger partial charge on any atom is 0.418 e. The van der Waals surface area contributed by atoms with Gasteiger partial charge in [0.15, 0.2) is 0 Å². The predicted molar refractivity (Wildman–Crippen MR) is 89.0 cm³/mol. The Hall–Kier alpha value is -2.38. The van der Waals surface area contributed by atoms with Crippen LogP contribution in [0.3, 0.4) is 0 Å². The van der Waals surface area contributed by atoms with Crippen LogP contribution in [0, 0.1) is 0 Å². The monoisotopic (exact) mass is 352 g/mol. The lowest BCUT2D eigenvalue weighted by atomic mass is 10.1. The molecule has 0 aliphatic carbocycles. The summed E-state index contributed by atoms with van der Waals surface area (Å²) in [5.74, 6) is -0.584. The van der Waals surface area contributed by atoms with Crippen molar-refractivity contribution in [2.24, 2.45) is 0 Å². The van der Waals surface area contributed by atoms with Gasteiger partial charge in [-0.1, -0.05) is 42.5 Å². The van der Waals surface area contributed by atoms with Crippen LogP contribution in [0.15, 0.2) is 54.6 Å². The standard InChI is InChI=1S/C18H19F3N2O2/c1-23(11-16(24)13-7-3-2-4-8-13)12-17(25)22-15-10-6-5-9-14(15)18(19,20)21/h2-10,16,24H,11-12H2,1H3,(H,22,25)/t16-/m1/s1. The third-order valence-corrected chi connectivity index (χ3v) is 3.59. The fourth-order valence-corrected chi connectivity index (χ4v) is 2.41. The molecule has 25 heavy (non-hydrogen) atoms. The number of amides is 1. The van der Waals surface area contributed by atoms with Crippen molar-refractivity contribution < 1.29 is 23.1 Å². The second-order valence-electron chi connectivity index (χ2n) is 5.71. The van der Waals surface area contributed by atoms with Crippen LogP contribution >= 0.6 is 0 Å². The molecule has 0 aliphatic rings. The molecule has 0 spiro atoms. The maximum atomic E-state index is 12.9. The average molecular weight is 352 g/mol. The highest BCUT2D eigenvalue weighted by Gasteiger charge is 2.33. The van der Waals surface area contributed by atoms with E-state index in [4.69, 9.17) is 0 Å². The van der Waals surface area contributed by atoms with Crippen molar-refractivity contribution >= 4 is 11.6 Å². The first kappa shape index (κ1) is 19.0. The lowest BCUT2D eigenvalue weighted by Crippen LogP contribution is -2.33. The van der Waals surface area contributed by atoms with Gasteiger partial charge in [0, 0.05) is 6.54 Å². The highest BCUT2D eigenvalue weighted by Crippen LogP contribution is 2.34. The van der Waals surface area contributed by atoms with Crippen LogP contribution in [0.5, 0.6) is 0 Å². The maximum absolute atomic E-state index is 12.9. The van der Waals surface area contributed by atoms with E-state index >= 15 is 0 Å². The fraction of sp³-hybridized carbons (Fsp3) is 0.278. The lowest BCUT2D eigenvalue weighted by molar-refractivity contribution is -0.137. The topological polar surface area (TPSA) is 52.6 Å². The van der Waals surface area contributed by atoms with Crippen molar-refractivity contribution in [3.8, 4) is 0 Å². The normalized spacial score (nSPS) is 12.9. The molecule has 0 saturated carbocycles. The van der Waals surface area contributed by atoms with Gasteiger partial charge in [0.2, 0.25) is 5.91 Å². The van der Waals surface area contributed by atoms with Gasteiger partial charge in [0.1, 0.15) is 0 Å². The van der Waals surface area contributed by atoms with Gasteiger partial charge in [-0.05, 0) is 24.7 Å². The number of rotatable bonds is 6. The summed E-state index contributed by atoms with van der Waals surface area (Å²) in [6.07, 6.45) is -5.33. The van der Waals surface area contributed by atoms with Crippen molar-refractivity contribution in [1.82, 2.24) is 4.90 Å². The number of nitrogens with one attached hydrogen (secondary N) is 1. The van der Waals surface area contributed by atoms with Crippen LogP contribution in [0.2, 0.25) is 0 Å². The molecule has 7 heteroatoms. The third kappa shape index (κ3) is 5.58. The van der Waals surface area contributed by atoms with E-state index in [1.165, 1.54) is 18.2 Å². The SMILES string of the molecule is CN(CC(=O)Nc1ccccc1C(F)(F)F)C[C@@H](O)c1ccccc1. The molecule has 2 rings (SSSR count). The van der Waals surface area contributed by atoms with Gasteiger partial charge in [0.05, 0.1) is 23.9 Å². The van der Waals surface area contributed by atoms with Crippen LogP contribution in [-0.4, -0.2) is 36.1 Å². The number of para-hydroxylation sites is 1. The van der Waals surface area contributed by atoms with Crippen LogP contribution in [-0.2, 0) is 11.0 Å². The predicted octanol–water partition coefficient (Wildman–Crippen LogP) is 3.31. The molecule has 0 radical (unpaired) electrons. The van der Waals surface area contributed by atoms with Gasteiger partial charge in [-0.2, -0.15) is 13.2 Å². The number of carbonyl (C=O) groups is 1. The number of hydrogen-bond acceptors (Lipinski definition) is 3. The number of likely N-dealkylation sites (N-methyl/N-ethyl adjacent to an activating group) is 1. The van der Waals surface area contributed by atoms with E-state index in [0.717, 1.165) is 6.07 Å². The second-order valence-corrected chi connectivity index (χ2v) is 5.71. The van der Waals surface area contributed by atoms with Gasteiger partial charge >= 0.3 is 6.18 Å².